The molecule has 1 aliphatic heterocycles. The Hall–Kier alpha value is -0.810. The molecule has 1 unspecified atom stereocenters. The highest BCUT2D eigenvalue weighted by Crippen LogP contribution is 2.14. The SMILES string of the molecule is CC(C)(C)NC(=O)ON1CCCC1O. The van der Waals surface area contributed by atoms with Crippen LogP contribution >= 0.6 is 0 Å². The molecule has 0 saturated carbocycles. The molecule has 2 N–H and O–H groups in total. The zero-order chi connectivity index (χ0) is 10.8. The van der Waals surface area contributed by atoms with Crippen LogP contribution in [0.5, 0.6) is 0 Å². The van der Waals surface area contributed by atoms with Gasteiger partial charge in [-0.15, -0.1) is 5.06 Å². The maximum absolute atomic E-state index is 11.3. The summed E-state index contributed by atoms with van der Waals surface area (Å²) >= 11 is 0. The van der Waals surface area contributed by atoms with Crippen LogP contribution in [0.2, 0.25) is 0 Å². The van der Waals surface area contributed by atoms with Crippen molar-refractivity contribution in [2.24, 2.45) is 0 Å². The first kappa shape index (κ1) is 11.3. The Morgan fingerprint density at radius 1 is 1.57 bits per heavy atom. The van der Waals surface area contributed by atoms with Crippen LogP contribution in [-0.2, 0) is 4.84 Å². The zero-order valence-corrected chi connectivity index (χ0v) is 8.91. The number of carbonyl (C=O) groups excluding carboxylic acids is 1. The Bertz CT molecular complexity index is 213. The fourth-order valence-electron chi connectivity index (χ4n) is 1.26. The van der Waals surface area contributed by atoms with E-state index in [4.69, 9.17) is 4.84 Å². The van der Waals surface area contributed by atoms with Gasteiger partial charge < -0.3 is 15.3 Å². The van der Waals surface area contributed by atoms with Crippen molar-refractivity contribution in [3.05, 3.63) is 0 Å². The summed E-state index contributed by atoms with van der Waals surface area (Å²) in [5, 5.41) is 13.3. The van der Waals surface area contributed by atoms with Crippen LogP contribution in [0.3, 0.4) is 0 Å². The van der Waals surface area contributed by atoms with Gasteiger partial charge in [0.25, 0.3) is 0 Å². The van der Waals surface area contributed by atoms with Crippen molar-refractivity contribution in [3.63, 3.8) is 0 Å². The van der Waals surface area contributed by atoms with Crippen molar-refractivity contribution in [1.82, 2.24) is 10.4 Å². The second-order valence-corrected chi connectivity index (χ2v) is 4.52. The van der Waals surface area contributed by atoms with E-state index >= 15 is 0 Å². The average Bonchev–Trinajstić information content (AvgIpc) is 2.32. The minimum atomic E-state index is -0.652. The number of rotatable bonds is 1. The van der Waals surface area contributed by atoms with Gasteiger partial charge in [-0.05, 0) is 33.6 Å². The van der Waals surface area contributed by atoms with Gasteiger partial charge in [-0.2, -0.15) is 0 Å². The van der Waals surface area contributed by atoms with Gasteiger partial charge in [0, 0.05) is 12.1 Å². The van der Waals surface area contributed by atoms with E-state index in [9.17, 15) is 9.90 Å². The number of amides is 1. The average molecular weight is 202 g/mol. The van der Waals surface area contributed by atoms with Gasteiger partial charge in [0.05, 0.1) is 0 Å². The quantitative estimate of drug-likeness (QED) is 0.661. The van der Waals surface area contributed by atoms with Gasteiger partial charge in [0.15, 0.2) is 0 Å². The van der Waals surface area contributed by atoms with E-state index in [-0.39, 0.29) is 5.54 Å². The van der Waals surface area contributed by atoms with Gasteiger partial charge in [-0.3, -0.25) is 0 Å². The molecule has 0 bridgehead atoms. The summed E-state index contributed by atoms with van der Waals surface area (Å²) in [7, 11) is 0. The van der Waals surface area contributed by atoms with Crippen LogP contribution in [0, 0.1) is 0 Å². The van der Waals surface area contributed by atoms with E-state index in [2.05, 4.69) is 5.32 Å². The third kappa shape index (κ3) is 3.51. The Morgan fingerprint density at radius 2 is 2.21 bits per heavy atom. The molecule has 5 nitrogen and oxygen atoms in total. The molecular formula is C9H18N2O3. The Kier molecular flexibility index (Phi) is 3.34. The highest BCUT2D eigenvalue weighted by molar-refractivity contribution is 5.67. The molecule has 0 aromatic carbocycles. The van der Waals surface area contributed by atoms with E-state index in [1.807, 2.05) is 20.8 Å². The van der Waals surface area contributed by atoms with Crippen LogP contribution in [0.4, 0.5) is 4.79 Å². The summed E-state index contributed by atoms with van der Waals surface area (Å²) in [6.07, 6.45) is 0.339. The summed E-state index contributed by atoms with van der Waals surface area (Å²) in [6.45, 7) is 6.21. The highest BCUT2D eigenvalue weighted by Gasteiger charge is 2.26. The van der Waals surface area contributed by atoms with Crippen LogP contribution in [0.15, 0.2) is 0 Å². The first-order valence-corrected chi connectivity index (χ1v) is 4.83. The van der Waals surface area contributed by atoms with Crippen LogP contribution in [-0.4, -0.2) is 34.6 Å². The van der Waals surface area contributed by atoms with E-state index in [0.717, 1.165) is 6.42 Å². The molecule has 1 saturated heterocycles. The lowest BCUT2D eigenvalue weighted by Gasteiger charge is -2.24. The Balaban J connectivity index is 2.33. The topological polar surface area (TPSA) is 61.8 Å². The van der Waals surface area contributed by atoms with Crippen LogP contribution in [0.1, 0.15) is 33.6 Å². The lowest BCUT2D eigenvalue weighted by atomic mass is 10.1. The minimum Gasteiger partial charge on any atom is -0.375 e. The van der Waals surface area contributed by atoms with Crippen LogP contribution < -0.4 is 5.32 Å². The van der Waals surface area contributed by atoms with Gasteiger partial charge in [0.2, 0.25) is 0 Å². The van der Waals surface area contributed by atoms with Crippen molar-refractivity contribution in [3.8, 4) is 0 Å². The molecule has 82 valence electrons. The Labute approximate surface area is 84.0 Å². The summed E-state index contributed by atoms with van der Waals surface area (Å²) in [6, 6.07) is 0. The predicted molar refractivity (Wildman–Crippen MR) is 51.3 cm³/mol. The number of nitrogens with zero attached hydrogens (tertiary/aromatic N) is 1. The first-order valence-electron chi connectivity index (χ1n) is 4.83. The largest absolute Gasteiger partial charge is 0.426 e. The number of aliphatic hydroxyl groups excluding tert-OH is 1. The molecule has 1 fully saturated rings. The molecule has 1 rings (SSSR count). The lowest BCUT2D eigenvalue weighted by Crippen LogP contribution is -2.44. The Morgan fingerprint density at radius 3 is 2.64 bits per heavy atom. The molecule has 1 amide bonds. The molecule has 1 atom stereocenters. The number of hydroxylamine groups is 2. The molecule has 5 heteroatoms. The summed E-state index contributed by atoms with van der Waals surface area (Å²) in [4.78, 5) is 16.2. The first-order chi connectivity index (χ1) is 6.38. The summed E-state index contributed by atoms with van der Waals surface area (Å²) in [5.41, 5.74) is -0.318. The van der Waals surface area contributed by atoms with Crippen molar-refractivity contribution in [1.29, 1.82) is 0 Å². The molecule has 0 spiro atoms. The van der Waals surface area contributed by atoms with E-state index < -0.39 is 12.3 Å². The molecule has 1 aliphatic rings. The number of hydrogen-bond acceptors (Lipinski definition) is 4. The van der Waals surface area contributed by atoms with Gasteiger partial charge in [0.1, 0.15) is 6.23 Å². The maximum atomic E-state index is 11.3. The second-order valence-electron chi connectivity index (χ2n) is 4.52. The second kappa shape index (κ2) is 4.14. The van der Waals surface area contributed by atoms with E-state index in [1.165, 1.54) is 5.06 Å². The van der Waals surface area contributed by atoms with E-state index in [1.54, 1.807) is 0 Å². The third-order valence-corrected chi connectivity index (χ3v) is 1.85. The number of hydrogen-bond donors (Lipinski definition) is 2. The fraction of sp³-hybridized carbons (Fsp3) is 0.889. The lowest BCUT2D eigenvalue weighted by molar-refractivity contribution is -0.172. The van der Waals surface area contributed by atoms with E-state index in [0.29, 0.717) is 13.0 Å². The van der Waals surface area contributed by atoms with Crippen molar-refractivity contribution in [2.45, 2.75) is 45.4 Å². The predicted octanol–water partition coefficient (Wildman–Crippen LogP) is 0.840. The standard InChI is InChI=1S/C9H18N2O3/c1-9(2,3)10-8(13)14-11-6-4-5-7(11)12/h7,12H,4-6H2,1-3H3,(H,10,13). The molecule has 1 heterocycles. The number of nitrogens with one attached hydrogen (secondary N) is 1. The van der Waals surface area contributed by atoms with Gasteiger partial charge >= 0.3 is 6.09 Å². The molecule has 0 aliphatic carbocycles. The van der Waals surface area contributed by atoms with Crippen LogP contribution in [0.25, 0.3) is 0 Å². The van der Waals surface area contributed by atoms with Crippen molar-refractivity contribution >= 4 is 6.09 Å². The molecular weight excluding hydrogens is 184 g/mol. The van der Waals surface area contributed by atoms with Gasteiger partial charge in [-0.1, -0.05) is 0 Å². The number of carbonyl (C=O) groups is 1. The summed E-state index contributed by atoms with van der Waals surface area (Å²) < 4.78 is 0. The molecule has 0 radical (unpaired) electrons. The zero-order valence-electron chi connectivity index (χ0n) is 8.91. The summed E-state index contributed by atoms with van der Waals surface area (Å²) in [5.74, 6) is 0. The monoisotopic (exact) mass is 202 g/mol. The fourth-order valence-corrected chi connectivity index (χ4v) is 1.26. The van der Waals surface area contributed by atoms with Crippen molar-refractivity contribution in [2.75, 3.05) is 6.54 Å². The minimum absolute atomic E-state index is 0.318. The maximum Gasteiger partial charge on any atom is 0.426 e. The molecule has 0 aromatic heterocycles. The highest BCUT2D eigenvalue weighted by atomic mass is 16.7. The number of aliphatic hydroxyl groups is 1. The normalized spacial score (nSPS) is 23.6. The van der Waals surface area contributed by atoms with Crippen molar-refractivity contribution < 1.29 is 14.7 Å². The third-order valence-electron chi connectivity index (χ3n) is 1.85. The van der Waals surface area contributed by atoms with Gasteiger partial charge in [-0.25, -0.2) is 4.79 Å². The smallest absolute Gasteiger partial charge is 0.375 e. The molecule has 14 heavy (non-hydrogen) atoms. The molecule has 0 aromatic rings.